The molecule has 1 aliphatic heterocycles. The van der Waals surface area contributed by atoms with Crippen molar-refractivity contribution in [2.45, 2.75) is 44.6 Å². The van der Waals surface area contributed by atoms with Crippen LogP contribution in [0.2, 0.25) is 0 Å². The average Bonchev–Trinajstić information content (AvgIpc) is 3.03. The topological polar surface area (TPSA) is 35.5 Å². The lowest BCUT2D eigenvalue weighted by atomic mass is 9.75. The van der Waals surface area contributed by atoms with E-state index in [1.807, 2.05) is 113 Å². The molecule has 1 saturated heterocycles. The van der Waals surface area contributed by atoms with Crippen LogP contribution < -0.4 is 10.6 Å². The van der Waals surface area contributed by atoms with Crippen LogP contribution in [-0.2, 0) is 13.9 Å². The highest BCUT2D eigenvalue weighted by Gasteiger charge is 2.55. The van der Waals surface area contributed by atoms with E-state index >= 15 is 4.57 Å². The van der Waals surface area contributed by atoms with Crippen LogP contribution in [0.25, 0.3) is 0 Å². The number of halogens is 1. The molecule has 4 rings (SSSR count). The van der Waals surface area contributed by atoms with Gasteiger partial charge in [-0.3, -0.25) is 0 Å². The van der Waals surface area contributed by atoms with Crippen LogP contribution in [-0.4, -0.2) is 18.3 Å². The van der Waals surface area contributed by atoms with Crippen molar-refractivity contribution < 1.29 is 13.9 Å². The lowest BCUT2D eigenvalue weighted by Crippen LogP contribution is -2.41. The Morgan fingerprint density at radius 1 is 0.818 bits per heavy atom. The summed E-state index contributed by atoms with van der Waals surface area (Å²) in [6.45, 7) is 12.5. The Bertz CT molecular complexity index is 1120. The summed E-state index contributed by atoms with van der Waals surface area (Å²) in [6.07, 6.45) is 0. The molecule has 0 aliphatic carbocycles. The van der Waals surface area contributed by atoms with Crippen molar-refractivity contribution in [3.63, 3.8) is 0 Å². The number of hydrogen-bond donors (Lipinski definition) is 0. The molecule has 1 heterocycles. The van der Waals surface area contributed by atoms with E-state index in [-0.39, 0.29) is 0 Å². The summed E-state index contributed by atoms with van der Waals surface area (Å²) in [7, 11) is -3.91. The second-order valence-corrected chi connectivity index (χ2v) is 13.2. The van der Waals surface area contributed by atoms with Crippen molar-refractivity contribution in [1.29, 1.82) is 0 Å². The molecule has 3 aromatic carbocycles. The van der Waals surface area contributed by atoms with Crippen LogP contribution in [0.15, 0.2) is 101 Å². The molecule has 1 unspecified atom stereocenters. The Kier molecular flexibility index (Phi) is 6.63. The molecular formula is C27H29BBrO3P. The number of hydrogen-bond acceptors (Lipinski definition) is 3. The molecule has 0 bridgehead atoms. The fraction of sp³-hybridized carbons (Fsp3) is 0.259. The molecule has 170 valence electrons. The van der Waals surface area contributed by atoms with Gasteiger partial charge in [0.15, 0.2) is 7.14 Å². The zero-order chi connectivity index (χ0) is 23.9. The molecular weight excluding hydrogens is 494 g/mol. The summed E-state index contributed by atoms with van der Waals surface area (Å²) in [5.74, 6) is 0. The normalized spacial score (nSPS) is 18.2. The van der Waals surface area contributed by atoms with Crippen LogP contribution in [0.1, 0.15) is 38.9 Å². The van der Waals surface area contributed by atoms with E-state index in [0.29, 0.717) is 5.47 Å². The maximum absolute atomic E-state index is 15.3. The van der Waals surface area contributed by atoms with E-state index in [4.69, 9.17) is 9.31 Å². The fourth-order valence-corrected chi connectivity index (χ4v) is 7.74. The highest BCUT2D eigenvalue weighted by molar-refractivity contribution is 9.10. The Labute approximate surface area is 205 Å². The Hall–Kier alpha value is -1.91. The summed E-state index contributed by atoms with van der Waals surface area (Å²) in [6, 6.07) is 27.3. The van der Waals surface area contributed by atoms with Gasteiger partial charge in [0.25, 0.3) is 0 Å². The lowest BCUT2D eigenvalue weighted by Gasteiger charge is -2.32. The van der Waals surface area contributed by atoms with Crippen LogP contribution in [0.3, 0.4) is 0 Å². The van der Waals surface area contributed by atoms with Gasteiger partial charge >= 0.3 is 7.12 Å². The number of rotatable bonds is 6. The first kappa shape index (κ1) is 24.2. The van der Waals surface area contributed by atoms with Crippen LogP contribution in [0.5, 0.6) is 0 Å². The molecule has 0 N–H and O–H groups in total. The van der Waals surface area contributed by atoms with E-state index in [0.717, 1.165) is 20.6 Å². The zero-order valence-corrected chi connectivity index (χ0v) is 22.0. The summed E-state index contributed by atoms with van der Waals surface area (Å²) in [5.41, 5.74) is 0.00830. The SMILES string of the molecule is C=C(B1OC(C)(C)C(C)(C)O1)C(c1ccc(Br)cc1)P(=O)(c1ccccc1)c1ccccc1. The van der Waals surface area contributed by atoms with E-state index < -0.39 is 31.1 Å². The van der Waals surface area contributed by atoms with Crippen LogP contribution >= 0.6 is 23.1 Å². The van der Waals surface area contributed by atoms with Gasteiger partial charge in [0, 0.05) is 15.1 Å². The molecule has 6 heteroatoms. The van der Waals surface area contributed by atoms with Crippen molar-refractivity contribution in [2.24, 2.45) is 0 Å². The molecule has 33 heavy (non-hydrogen) atoms. The van der Waals surface area contributed by atoms with Crippen molar-refractivity contribution >= 4 is 40.8 Å². The van der Waals surface area contributed by atoms with Gasteiger partial charge in [-0.1, -0.05) is 88.7 Å². The summed E-state index contributed by atoms with van der Waals surface area (Å²) in [5, 5.41) is 1.56. The average molecular weight is 523 g/mol. The Morgan fingerprint density at radius 3 is 1.67 bits per heavy atom. The Morgan fingerprint density at radius 2 is 1.24 bits per heavy atom. The van der Waals surface area contributed by atoms with Gasteiger partial charge in [-0.25, -0.2) is 0 Å². The third-order valence-corrected chi connectivity index (χ3v) is 10.8. The van der Waals surface area contributed by atoms with E-state index in [9.17, 15) is 0 Å². The quantitative estimate of drug-likeness (QED) is 0.267. The smallest absolute Gasteiger partial charge is 0.400 e. The molecule has 3 aromatic rings. The van der Waals surface area contributed by atoms with Crippen LogP contribution in [0, 0.1) is 0 Å². The minimum absolute atomic E-state index is 0.519. The van der Waals surface area contributed by atoms with Gasteiger partial charge < -0.3 is 13.9 Å². The lowest BCUT2D eigenvalue weighted by molar-refractivity contribution is 0.00578. The summed E-state index contributed by atoms with van der Waals surface area (Å²) >= 11 is 3.53. The van der Waals surface area contributed by atoms with Gasteiger partial charge in [0.05, 0.1) is 16.9 Å². The third-order valence-electron chi connectivity index (χ3n) is 6.74. The van der Waals surface area contributed by atoms with Crippen molar-refractivity contribution in [3.8, 4) is 0 Å². The second kappa shape index (κ2) is 9.04. The predicted molar refractivity (Wildman–Crippen MR) is 142 cm³/mol. The molecule has 0 aromatic heterocycles. The molecule has 1 aliphatic rings. The molecule has 0 amide bonds. The largest absolute Gasteiger partial charge is 0.491 e. The molecule has 0 spiro atoms. The van der Waals surface area contributed by atoms with Crippen LogP contribution in [0.4, 0.5) is 0 Å². The summed E-state index contributed by atoms with van der Waals surface area (Å²) < 4.78 is 29.0. The van der Waals surface area contributed by atoms with Crippen molar-refractivity contribution in [2.75, 3.05) is 0 Å². The maximum atomic E-state index is 15.3. The number of benzene rings is 3. The van der Waals surface area contributed by atoms with E-state index in [1.54, 1.807) is 0 Å². The summed E-state index contributed by atoms with van der Waals surface area (Å²) in [4.78, 5) is 0. The molecule has 3 nitrogen and oxygen atoms in total. The first-order valence-corrected chi connectivity index (χ1v) is 13.6. The van der Waals surface area contributed by atoms with Gasteiger partial charge in [-0.05, 0) is 50.9 Å². The molecule has 0 saturated carbocycles. The maximum Gasteiger partial charge on any atom is 0.491 e. The fourth-order valence-electron chi connectivity index (χ4n) is 4.17. The minimum atomic E-state index is -3.24. The predicted octanol–water partition coefficient (Wildman–Crippen LogP) is 6.69. The standard InChI is InChI=1S/C27H29BBrO3P/c1-20(28-31-26(2,3)27(4,5)32-28)25(21-16-18-22(29)19-17-21)33(30,23-12-8-6-9-13-23)24-14-10-7-11-15-24/h6-19,25H,1H2,2-5H3. The van der Waals surface area contributed by atoms with Gasteiger partial charge in [-0.2, -0.15) is 0 Å². The second-order valence-electron chi connectivity index (χ2n) is 9.45. The minimum Gasteiger partial charge on any atom is -0.400 e. The first-order valence-electron chi connectivity index (χ1n) is 11.1. The van der Waals surface area contributed by atoms with Gasteiger partial charge in [0.1, 0.15) is 0 Å². The van der Waals surface area contributed by atoms with Crippen molar-refractivity contribution in [1.82, 2.24) is 0 Å². The highest BCUT2D eigenvalue weighted by atomic mass is 79.9. The third kappa shape index (κ3) is 4.45. The van der Waals surface area contributed by atoms with Gasteiger partial charge in [-0.15, -0.1) is 6.58 Å². The van der Waals surface area contributed by atoms with E-state index in [1.165, 1.54) is 0 Å². The monoisotopic (exact) mass is 522 g/mol. The molecule has 1 atom stereocenters. The molecule has 1 fully saturated rings. The first-order chi connectivity index (χ1) is 15.6. The number of allylic oxidation sites excluding steroid dienone is 1. The Balaban J connectivity index is 1.92. The molecule has 0 radical (unpaired) electrons. The van der Waals surface area contributed by atoms with Gasteiger partial charge in [0.2, 0.25) is 0 Å². The van der Waals surface area contributed by atoms with Crippen molar-refractivity contribution in [3.05, 3.63) is 107 Å². The van der Waals surface area contributed by atoms with E-state index in [2.05, 4.69) is 22.5 Å². The zero-order valence-electron chi connectivity index (χ0n) is 19.5. The highest BCUT2D eigenvalue weighted by Crippen LogP contribution is 2.61.